The van der Waals surface area contributed by atoms with Gasteiger partial charge in [-0.3, -0.25) is 5.73 Å². The Hall–Kier alpha value is -1.70. The summed E-state index contributed by atoms with van der Waals surface area (Å²) in [4.78, 5) is 0. The van der Waals surface area contributed by atoms with Gasteiger partial charge in [0.25, 0.3) is 0 Å². The van der Waals surface area contributed by atoms with Crippen molar-refractivity contribution in [1.82, 2.24) is 0 Å². The number of para-hydroxylation sites is 1. The minimum atomic E-state index is -1.67. The molecule has 0 fully saturated rings. The topological polar surface area (TPSA) is 63.3 Å². The first kappa shape index (κ1) is 12.7. The maximum Gasteiger partial charge on any atom is 0.395 e. The summed E-state index contributed by atoms with van der Waals surface area (Å²) >= 11 is 0. The van der Waals surface area contributed by atoms with Gasteiger partial charge in [-0.05, 0) is 25.1 Å². The van der Waals surface area contributed by atoms with Crippen LogP contribution in [0, 0.1) is 0 Å². The van der Waals surface area contributed by atoms with Gasteiger partial charge >= 0.3 is 7.80 Å². The highest BCUT2D eigenvalue weighted by atomic mass is 31.1. The van der Waals surface area contributed by atoms with Gasteiger partial charge in [-0.2, -0.15) is 0 Å². The molecule has 3 nitrogen and oxygen atoms in total. The Balaban J connectivity index is 2.59. The van der Waals surface area contributed by atoms with Crippen molar-refractivity contribution >= 4 is 13.1 Å². The summed E-state index contributed by atoms with van der Waals surface area (Å²) in [5.74, 6) is -0.231. The zero-order valence-corrected chi connectivity index (χ0v) is 11.0. The van der Waals surface area contributed by atoms with Crippen molar-refractivity contribution in [1.29, 1.82) is 0 Å². The minimum Gasteiger partial charge on any atom is -0.507 e. The van der Waals surface area contributed by atoms with Crippen LogP contribution in [-0.4, -0.2) is 10.9 Å². The summed E-state index contributed by atoms with van der Waals surface area (Å²) in [5, 5.41) is 10.6. The van der Waals surface area contributed by atoms with Crippen molar-refractivity contribution in [2.45, 2.75) is 12.7 Å². The molecule has 2 aromatic rings. The van der Waals surface area contributed by atoms with E-state index in [2.05, 4.69) is 0 Å². The average Bonchev–Trinajstić information content (AvgIpc) is 2.38. The summed E-state index contributed by atoms with van der Waals surface area (Å²) in [7, 11) is -1.67. The van der Waals surface area contributed by atoms with Crippen LogP contribution >= 0.6 is 7.80 Å². The molecular formula is C14H15NO2P+. The maximum absolute atomic E-state index is 12.2. The van der Waals surface area contributed by atoms with Crippen LogP contribution in [0.3, 0.4) is 0 Å². The smallest absolute Gasteiger partial charge is 0.395 e. The van der Waals surface area contributed by atoms with E-state index in [1.54, 1.807) is 31.2 Å². The number of rotatable bonds is 3. The zero-order valence-electron chi connectivity index (χ0n) is 10.1. The Morgan fingerprint density at radius 3 is 2.22 bits per heavy atom. The lowest BCUT2D eigenvalue weighted by Gasteiger charge is -2.05. The van der Waals surface area contributed by atoms with E-state index in [-0.39, 0.29) is 5.75 Å². The lowest BCUT2D eigenvalue weighted by molar-refractivity contribution is 0.477. The van der Waals surface area contributed by atoms with Crippen molar-refractivity contribution in [2.75, 3.05) is 0 Å². The lowest BCUT2D eigenvalue weighted by Crippen LogP contribution is -2.16. The fraction of sp³-hybridized carbons (Fsp3) is 0.143. The molecule has 2 unspecified atom stereocenters. The van der Waals surface area contributed by atoms with E-state index in [0.717, 1.165) is 5.56 Å². The van der Waals surface area contributed by atoms with Crippen molar-refractivity contribution < 1.29 is 9.67 Å². The summed E-state index contributed by atoms with van der Waals surface area (Å²) in [6, 6.07) is 14.3. The molecule has 0 saturated heterocycles. The number of benzene rings is 2. The first-order valence-electron chi connectivity index (χ1n) is 5.70. The Morgan fingerprint density at radius 1 is 1.06 bits per heavy atom. The van der Waals surface area contributed by atoms with Gasteiger partial charge in [0.05, 0.1) is 0 Å². The highest BCUT2D eigenvalue weighted by Crippen LogP contribution is 2.34. The molecule has 0 amide bonds. The van der Waals surface area contributed by atoms with Crippen LogP contribution < -0.4 is 11.0 Å². The van der Waals surface area contributed by atoms with Gasteiger partial charge in [0.15, 0.2) is 5.30 Å². The lowest BCUT2D eigenvalue weighted by atomic mass is 10.0. The molecule has 0 aliphatic rings. The third kappa shape index (κ3) is 2.42. The molecule has 0 spiro atoms. The molecule has 0 aliphatic carbocycles. The van der Waals surface area contributed by atoms with Crippen molar-refractivity contribution in [3.8, 4) is 16.9 Å². The van der Waals surface area contributed by atoms with Crippen molar-refractivity contribution in [2.24, 2.45) is 5.73 Å². The Labute approximate surface area is 107 Å². The summed E-state index contributed by atoms with van der Waals surface area (Å²) in [6.45, 7) is 1.72. The first-order valence-corrected chi connectivity index (χ1v) is 7.03. The van der Waals surface area contributed by atoms with Gasteiger partial charge in [0.1, 0.15) is 5.75 Å². The molecule has 2 atom stereocenters. The van der Waals surface area contributed by atoms with Gasteiger partial charge in [-0.1, -0.05) is 34.9 Å². The van der Waals surface area contributed by atoms with Crippen LogP contribution in [0.25, 0.3) is 11.1 Å². The molecule has 3 N–H and O–H groups in total. The van der Waals surface area contributed by atoms with Crippen LogP contribution in [0.15, 0.2) is 48.5 Å². The third-order valence-corrected chi connectivity index (χ3v) is 4.31. The quantitative estimate of drug-likeness (QED) is 0.834. The van der Waals surface area contributed by atoms with Gasteiger partial charge in [-0.15, -0.1) is 0 Å². The molecule has 0 saturated carbocycles. The van der Waals surface area contributed by atoms with Crippen LogP contribution in [0.5, 0.6) is 5.75 Å². The fourth-order valence-electron chi connectivity index (χ4n) is 1.81. The molecule has 2 aromatic carbocycles. The molecule has 0 aromatic heterocycles. The number of aromatic hydroxyl groups is 1. The van der Waals surface area contributed by atoms with E-state index in [1.165, 1.54) is 0 Å². The molecule has 0 heterocycles. The second kappa shape index (κ2) is 5.30. The second-order valence-electron chi connectivity index (χ2n) is 4.10. The minimum absolute atomic E-state index is 0.179. The standard InChI is InChI=1S/C14H14NO2P/c1-10(15)18(17)14-9-5-3-7-12(14)11-6-2-4-8-13(11)16/h2-10H,15H2,1H3/p+1. The fourth-order valence-corrected chi connectivity index (χ4v) is 2.92. The molecule has 92 valence electrons. The Morgan fingerprint density at radius 2 is 1.61 bits per heavy atom. The monoisotopic (exact) mass is 260 g/mol. The molecule has 0 aliphatic heterocycles. The van der Waals surface area contributed by atoms with Gasteiger partial charge in [0.2, 0.25) is 5.78 Å². The number of nitrogens with two attached hydrogens (primary N) is 1. The summed E-state index contributed by atoms with van der Waals surface area (Å²) in [6.07, 6.45) is 0. The zero-order chi connectivity index (χ0) is 13.1. The number of hydrogen-bond donors (Lipinski definition) is 2. The molecule has 2 rings (SSSR count). The van der Waals surface area contributed by atoms with Crippen LogP contribution in [-0.2, 0) is 4.57 Å². The Kier molecular flexibility index (Phi) is 3.75. The summed E-state index contributed by atoms with van der Waals surface area (Å²) < 4.78 is 12.2. The average molecular weight is 260 g/mol. The van der Waals surface area contributed by atoms with E-state index in [9.17, 15) is 9.67 Å². The predicted octanol–water partition coefficient (Wildman–Crippen LogP) is 2.82. The first-order chi connectivity index (χ1) is 8.61. The van der Waals surface area contributed by atoms with Crippen LogP contribution in [0.4, 0.5) is 0 Å². The molecule has 0 bridgehead atoms. The highest BCUT2D eigenvalue weighted by molar-refractivity contribution is 7.54. The normalized spacial score (nSPS) is 13.1. The highest BCUT2D eigenvalue weighted by Gasteiger charge is 2.29. The molecule has 18 heavy (non-hydrogen) atoms. The molecular weight excluding hydrogens is 245 g/mol. The molecule has 0 radical (unpaired) electrons. The SMILES string of the molecule is CC(N)[P+](=O)c1ccccc1-c1ccccc1O. The van der Waals surface area contributed by atoms with Crippen LogP contribution in [0.1, 0.15) is 6.92 Å². The number of phenolic OH excluding ortho intramolecular Hbond substituents is 1. The second-order valence-corrected chi connectivity index (χ2v) is 6.05. The van der Waals surface area contributed by atoms with E-state index in [0.29, 0.717) is 10.9 Å². The predicted molar refractivity (Wildman–Crippen MR) is 74.4 cm³/mol. The van der Waals surface area contributed by atoms with Gasteiger partial charge in [-0.25, -0.2) is 0 Å². The van der Waals surface area contributed by atoms with Gasteiger partial charge < -0.3 is 5.11 Å². The third-order valence-electron chi connectivity index (χ3n) is 2.71. The van der Waals surface area contributed by atoms with Crippen molar-refractivity contribution in [3.05, 3.63) is 48.5 Å². The summed E-state index contributed by atoms with van der Waals surface area (Å²) in [5.41, 5.74) is 7.16. The van der Waals surface area contributed by atoms with E-state index >= 15 is 0 Å². The number of hydrogen-bond acceptors (Lipinski definition) is 3. The van der Waals surface area contributed by atoms with Crippen molar-refractivity contribution in [3.63, 3.8) is 0 Å². The Bertz CT molecular complexity index is 582. The van der Waals surface area contributed by atoms with E-state index in [1.807, 2.05) is 24.3 Å². The van der Waals surface area contributed by atoms with Crippen LogP contribution in [0.2, 0.25) is 0 Å². The van der Waals surface area contributed by atoms with Gasteiger partial charge in [0, 0.05) is 11.1 Å². The molecule has 4 heteroatoms. The largest absolute Gasteiger partial charge is 0.507 e. The maximum atomic E-state index is 12.2. The number of phenols is 1. The van der Waals surface area contributed by atoms with E-state index < -0.39 is 13.6 Å². The van der Waals surface area contributed by atoms with E-state index in [4.69, 9.17) is 5.73 Å².